The van der Waals surface area contributed by atoms with E-state index in [0.29, 0.717) is 23.8 Å². The summed E-state index contributed by atoms with van der Waals surface area (Å²) in [7, 11) is 2.03. The van der Waals surface area contributed by atoms with Crippen molar-refractivity contribution >= 4 is 0 Å². The van der Waals surface area contributed by atoms with Crippen molar-refractivity contribution < 1.29 is 8.81 Å². The Morgan fingerprint density at radius 3 is 2.53 bits per heavy atom. The second-order valence-corrected chi connectivity index (χ2v) is 7.68. The zero-order valence-corrected chi connectivity index (χ0v) is 17.7. The van der Waals surface area contributed by atoms with Crippen molar-refractivity contribution in [3.05, 3.63) is 88.8 Å². The SMILES string of the molecule is Cc1cc(C)n(-c2cccc(CN(C)Cc3nc(-c4ccccc4F)oc3C)c2)n1. The second-order valence-electron chi connectivity index (χ2n) is 7.68. The zero-order valence-electron chi connectivity index (χ0n) is 17.7. The molecule has 4 rings (SSSR count). The van der Waals surface area contributed by atoms with Gasteiger partial charge in [-0.15, -0.1) is 0 Å². The molecule has 0 aliphatic rings. The summed E-state index contributed by atoms with van der Waals surface area (Å²) in [5.41, 5.74) is 5.53. The predicted octanol–water partition coefficient (Wildman–Crippen LogP) is 5.22. The lowest BCUT2D eigenvalue weighted by atomic mass is 10.2. The molecule has 0 unspecified atom stereocenters. The first kappa shape index (κ1) is 20.0. The molecule has 0 N–H and O–H groups in total. The molecule has 0 fully saturated rings. The quantitative estimate of drug-likeness (QED) is 0.442. The Morgan fingerprint density at radius 2 is 1.80 bits per heavy atom. The molecule has 0 saturated carbocycles. The van der Waals surface area contributed by atoms with Crippen molar-refractivity contribution in [3.8, 4) is 17.1 Å². The fourth-order valence-corrected chi connectivity index (χ4v) is 3.62. The molecule has 0 saturated heterocycles. The highest BCUT2D eigenvalue weighted by Crippen LogP contribution is 2.25. The van der Waals surface area contributed by atoms with Gasteiger partial charge in [-0.25, -0.2) is 14.1 Å². The van der Waals surface area contributed by atoms with Gasteiger partial charge in [-0.2, -0.15) is 5.10 Å². The Bertz CT molecular complexity index is 1180. The number of aromatic nitrogens is 3. The highest BCUT2D eigenvalue weighted by molar-refractivity contribution is 5.54. The molecule has 154 valence electrons. The van der Waals surface area contributed by atoms with Crippen molar-refractivity contribution in [2.75, 3.05) is 7.05 Å². The van der Waals surface area contributed by atoms with Crippen LogP contribution in [0.1, 0.15) is 28.4 Å². The van der Waals surface area contributed by atoms with E-state index in [-0.39, 0.29) is 5.82 Å². The van der Waals surface area contributed by atoms with Crippen LogP contribution in [-0.2, 0) is 13.1 Å². The van der Waals surface area contributed by atoms with Gasteiger partial charge in [0, 0.05) is 18.8 Å². The standard InChI is InChI=1S/C24H25FN4O/c1-16-12-17(2)29(27-16)20-9-7-8-19(13-20)14-28(4)15-23-18(3)30-24(26-23)21-10-5-6-11-22(21)25/h5-13H,14-15H2,1-4H3. The van der Waals surface area contributed by atoms with Crippen LogP contribution < -0.4 is 0 Å². The third-order valence-corrected chi connectivity index (χ3v) is 5.03. The smallest absolute Gasteiger partial charge is 0.229 e. The summed E-state index contributed by atoms with van der Waals surface area (Å²) in [6.45, 7) is 7.27. The number of hydrogen-bond acceptors (Lipinski definition) is 4. The summed E-state index contributed by atoms with van der Waals surface area (Å²) in [5.74, 6) is 0.691. The average Bonchev–Trinajstić information content (AvgIpc) is 3.23. The lowest BCUT2D eigenvalue weighted by Crippen LogP contribution is -2.18. The minimum atomic E-state index is -0.334. The van der Waals surface area contributed by atoms with Crippen LogP contribution in [0.15, 0.2) is 59.0 Å². The van der Waals surface area contributed by atoms with E-state index in [1.165, 1.54) is 11.6 Å². The largest absolute Gasteiger partial charge is 0.441 e. The van der Waals surface area contributed by atoms with Crippen molar-refractivity contribution in [3.63, 3.8) is 0 Å². The third-order valence-electron chi connectivity index (χ3n) is 5.03. The van der Waals surface area contributed by atoms with Crippen LogP contribution in [0.4, 0.5) is 4.39 Å². The molecule has 2 heterocycles. The minimum absolute atomic E-state index is 0.320. The van der Waals surface area contributed by atoms with E-state index in [4.69, 9.17) is 4.42 Å². The Labute approximate surface area is 175 Å². The molecule has 2 aromatic carbocycles. The molecule has 0 aliphatic carbocycles. The highest BCUT2D eigenvalue weighted by atomic mass is 19.1. The monoisotopic (exact) mass is 404 g/mol. The Balaban J connectivity index is 1.49. The molecule has 0 bridgehead atoms. The Morgan fingerprint density at radius 1 is 1.00 bits per heavy atom. The van der Waals surface area contributed by atoms with Gasteiger partial charge in [0.15, 0.2) is 0 Å². The first-order valence-electron chi connectivity index (χ1n) is 9.93. The van der Waals surface area contributed by atoms with Gasteiger partial charge in [0.25, 0.3) is 0 Å². The zero-order chi connectivity index (χ0) is 21.3. The summed E-state index contributed by atoms with van der Waals surface area (Å²) in [5, 5.41) is 4.57. The molecule has 5 nitrogen and oxygen atoms in total. The first-order chi connectivity index (χ1) is 14.4. The van der Waals surface area contributed by atoms with Crippen molar-refractivity contribution in [2.45, 2.75) is 33.9 Å². The van der Waals surface area contributed by atoms with E-state index in [9.17, 15) is 4.39 Å². The van der Waals surface area contributed by atoms with Crippen LogP contribution in [0.5, 0.6) is 0 Å². The summed E-state index contributed by atoms with van der Waals surface area (Å²) >= 11 is 0. The van der Waals surface area contributed by atoms with E-state index in [2.05, 4.69) is 46.2 Å². The predicted molar refractivity (Wildman–Crippen MR) is 115 cm³/mol. The maximum absolute atomic E-state index is 14.1. The maximum atomic E-state index is 14.1. The third kappa shape index (κ3) is 4.19. The molecule has 0 atom stereocenters. The van der Waals surface area contributed by atoms with Crippen molar-refractivity contribution in [1.29, 1.82) is 0 Å². The summed E-state index contributed by atoms with van der Waals surface area (Å²) in [6.07, 6.45) is 0. The molecule has 0 spiro atoms. The molecule has 0 amide bonds. The van der Waals surface area contributed by atoms with Crippen molar-refractivity contribution in [1.82, 2.24) is 19.7 Å². The van der Waals surface area contributed by atoms with Crippen LogP contribution in [0, 0.1) is 26.6 Å². The van der Waals surface area contributed by atoms with Crippen LogP contribution in [0.3, 0.4) is 0 Å². The number of nitrogens with zero attached hydrogens (tertiary/aromatic N) is 4. The van der Waals surface area contributed by atoms with Gasteiger partial charge in [0.2, 0.25) is 5.89 Å². The normalized spacial score (nSPS) is 11.4. The number of hydrogen-bond donors (Lipinski definition) is 0. The molecular formula is C24H25FN4O. The molecular weight excluding hydrogens is 379 g/mol. The van der Waals surface area contributed by atoms with Gasteiger partial charge >= 0.3 is 0 Å². The van der Waals surface area contributed by atoms with Crippen LogP contribution in [0.25, 0.3) is 17.1 Å². The number of benzene rings is 2. The number of halogens is 1. The Hall–Kier alpha value is -3.25. The molecule has 2 aromatic heterocycles. The van der Waals surface area contributed by atoms with Crippen LogP contribution in [-0.4, -0.2) is 26.7 Å². The van der Waals surface area contributed by atoms with Crippen LogP contribution in [0.2, 0.25) is 0 Å². The van der Waals surface area contributed by atoms with E-state index in [0.717, 1.165) is 29.3 Å². The van der Waals surface area contributed by atoms with E-state index in [1.54, 1.807) is 18.2 Å². The van der Waals surface area contributed by atoms with Gasteiger partial charge in [-0.3, -0.25) is 4.90 Å². The molecule has 6 heteroatoms. The Kier molecular flexibility index (Phi) is 5.50. The first-order valence-corrected chi connectivity index (χ1v) is 9.93. The van der Waals surface area contributed by atoms with E-state index < -0.39 is 0 Å². The summed E-state index contributed by atoms with van der Waals surface area (Å²) in [4.78, 5) is 6.70. The van der Waals surface area contributed by atoms with Gasteiger partial charge in [0.1, 0.15) is 11.6 Å². The minimum Gasteiger partial charge on any atom is -0.441 e. The van der Waals surface area contributed by atoms with E-state index >= 15 is 0 Å². The maximum Gasteiger partial charge on any atom is 0.229 e. The summed E-state index contributed by atoms with van der Waals surface area (Å²) < 4.78 is 21.8. The molecule has 0 radical (unpaired) electrons. The highest BCUT2D eigenvalue weighted by Gasteiger charge is 2.16. The van der Waals surface area contributed by atoms with Crippen LogP contribution >= 0.6 is 0 Å². The molecule has 30 heavy (non-hydrogen) atoms. The average molecular weight is 404 g/mol. The lowest BCUT2D eigenvalue weighted by Gasteiger charge is -2.16. The molecule has 0 aliphatic heterocycles. The van der Waals surface area contributed by atoms with Gasteiger partial charge in [-0.05, 0) is 63.7 Å². The van der Waals surface area contributed by atoms with E-state index in [1.807, 2.05) is 31.6 Å². The van der Waals surface area contributed by atoms with Gasteiger partial charge < -0.3 is 4.42 Å². The van der Waals surface area contributed by atoms with Gasteiger partial charge in [-0.1, -0.05) is 24.3 Å². The van der Waals surface area contributed by atoms with Gasteiger partial charge in [0.05, 0.1) is 22.6 Å². The molecule has 4 aromatic rings. The fraction of sp³-hybridized carbons (Fsp3) is 0.250. The number of oxazole rings is 1. The lowest BCUT2D eigenvalue weighted by molar-refractivity contribution is 0.313. The fourth-order valence-electron chi connectivity index (χ4n) is 3.62. The van der Waals surface area contributed by atoms with Crippen molar-refractivity contribution in [2.24, 2.45) is 0 Å². The summed E-state index contributed by atoms with van der Waals surface area (Å²) in [6, 6.07) is 17.0. The second kappa shape index (κ2) is 8.24. The number of aryl methyl sites for hydroxylation is 3. The topological polar surface area (TPSA) is 47.1 Å². The number of rotatable bonds is 6.